The molecule has 0 aliphatic rings. The summed E-state index contributed by atoms with van der Waals surface area (Å²) in [6, 6.07) is 9.06. The molecule has 1 amide bonds. The first-order valence-electron chi connectivity index (χ1n) is 8.27. The second-order valence-electron chi connectivity index (χ2n) is 5.95. The van der Waals surface area contributed by atoms with Crippen molar-refractivity contribution in [1.82, 2.24) is 10.3 Å². The van der Waals surface area contributed by atoms with Crippen LogP contribution < -0.4 is 11.1 Å². The number of pyridine rings is 1. The van der Waals surface area contributed by atoms with Gasteiger partial charge in [-0.05, 0) is 44.0 Å². The molecular weight excluding hydrogens is 316 g/mol. The van der Waals surface area contributed by atoms with Crippen LogP contribution >= 0.6 is 0 Å². The molecule has 0 aliphatic carbocycles. The van der Waals surface area contributed by atoms with Gasteiger partial charge in [0.1, 0.15) is 5.71 Å². The highest BCUT2D eigenvalue weighted by Crippen LogP contribution is 2.23. The van der Waals surface area contributed by atoms with Gasteiger partial charge in [-0.15, -0.1) is 0 Å². The minimum absolute atomic E-state index is 0.145. The maximum atomic E-state index is 12.2. The number of hydrogen-bond acceptors (Lipinski definition) is 5. The number of carbonyl (C=O) groups is 1. The van der Waals surface area contributed by atoms with Crippen molar-refractivity contribution in [3.63, 3.8) is 0 Å². The largest absolute Gasteiger partial charge is 0.398 e. The molecule has 0 saturated heterocycles. The zero-order chi connectivity index (χ0) is 18.2. The van der Waals surface area contributed by atoms with E-state index in [9.17, 15) is 4.79 Å². The van der Waals surface area contributed by atoms with Crippen LogP contribution in [0, 0.1) is 5.41 Å². The molecule has 2 rings (SSSR count). The summed E-state index contributed by atoms with van der Waals surface area (Å²) in [6.45, 7) is 4.96. The highest BCUT2D eigenvalue weighted by Gasteiger charge is 2.15. The fraction of sp³-hybridized carbons (Fsp3) is 0.316. The molecule has 0 aliphatic heterocycles. The molecule has 0 bridgehead atoms. The van der Waals surface area contributed by atoms with Crippen molar-refractivity contribution in [1.29, 1.82) is 5.41 Å². The Balaban J connectivity index is 2.02. The number of nitrogen functional groups attached to an aromatic ring is 1. The van der Waals surface area contributed by atoms with Crippen LogP contribution in [0.2, 0.25) is 0 Å². The molecule has 0 atom stereocenters. The fourth-order valence-corrected chi connectivity index (χ4v) is 2.29. The highest BCUT2D eigenvalue weighted by atomic mass is 16.5. The summed E-state index contributed by atoms with van der Waals surface area (Å²) in [6.07, 6.45) is 4.29. The Hall–Kier alpha value is -2.73. The number of nitrogens with one attached hydrogen (secondary N) is 2. The lowest BCUT2D eigenvalue weighted by Crippen LogP contribution is -2.32. The predicted molar refractivity (Wildman–Crippen MR) is 99.6 cm³/mol. The van der Waals surface area contributed by atoms with Crippen molar-refractivity contribution in [3.05, 3.63) is 48.3 Å². The molecule has 4 N–H and O–H groups in total. The second-order valence-corrected chi connectivity index (χ2v) is 5.95. The molecule has 25 heavy (non-hydrogen) atoms. The smallest absolute Gasteiger partial charge is 0.269 e. The van der Waals surface area contributed by atoms with E-state index in [0.717, 1.165) is 11.1 Å². The molecule has 0 fully saturated rings. The molecule has 1 aromatic carbocycles. The van der Waals surface area contributed by atoms with Crippen molar-refractivity contribution in [2.45, 2.75) is 26.4 Å². The van der Waals surface area contributed by atoms with Crippen LogP contribution in [0.15, 0.2) is 42.7 Å². The lowest BCUT2D eigenvalue weighted by Gasteiger charge is -2.11. The topological polar surface area (TPSA) is 101 Å². The molecule has 0 spiro atoms. The van der Waals surface area contributed by atoms with E-state index in [4.69, 9.17) is 15.9 Å². The van der Waals surface area contributed by atoms with Crippen molar-refractivity contribution in [3.8, 4) is 11.1 Å². The quantitative estimate of drug-likeness (QED) is 0.390. The van der Waals surface area contributed by atoms with E-state index in [1.54, 1.807) is 24.5 Å². The van der Waals surface area contributed by atoms with Crippen LogP contribution in [0.3, 0.4) is 0 Å². The van der Waals surface area contributed by atoms with E-state index in [1.165, 1.54) is 0 Å². The third kappa shape index (κ3) is 5.39. The van der Waals surface area contributed by atoms with E-state index in [1.807, 2.05) is 32.0 Å². The van der Waals surface area contributed by atoms with Gasteiger partial charge in [-0.1, -0.05) is 12.1 Å². The standard InChI is InChI=1S/C19H24N4O2/c1-13(2)25-10-4-9-23-19(24)18(21)16-11-14(6-7-17(16)20)15-5-3-8-22-12-15/h3,5-8,11-13,21H,4,9-10,20H2,1-2H3,(H,23,24). The third-order valence-corrected chi connectivity index (χ3v) is 3.60. The van der Waals surface area contributed by atoms with Crippen molar-refractivity contribution < 1.29 is 9.53 Å². The van der Waals surface area contributed by atoms with Gasteiger partial charge in [0, 0.05) is 42.4 Å². The number of nitrogens with two attached hydrogens (primary N) is 1. The number of anilines is 1. The van der Waals surface area contributed by atoms with Crippen LogP contribution in [0.5, 0.6) is 0 Å². The molecular formula is C19H24N4O2. The summed E-state index contributed by atoms with van der Waals surface area (Å²) >= 11 is 0. The Bertz CT molecular complexity index is 729. The van der Waals surface area contributed by atoms with Gasteiger partial charge >= 0.3 is 0 Å². The average Bonchev–Trinajstić information content (AvgIpc) is 2.61. The first kappa shape index (κ1) is 18.6. The maximum Gasteiger partial charge on any atom is 0.269 e. The second kappa shape index (κ2) is 8.94. The Morgan fingerprint density at radius 3 is 2.80 bits per heavy atom. The maximum absolute atomic E-state index is 12.2. The number of ether oxygens (including phenoxy) is 1. The Kier molecular flexibility index (Phi) is 6.65. The van der Waals surface area contributed by atoms with E-state index in [-0.39, 0.29) is 11.8 Å². The molecule has 0 saturated carbocycles. The lowest BCUT2D eigenvalue weighted by molar-refractivity contribution is -0.114. The summed E-state index contributed by atoms with van der Waals surface area (Å²) in [4.78, 5) is 16.3. The van der Waals surface area contributed by atoms with Crippen molar-refractivity contribution >= 4 is 17.3 Å². The minimum atomic E-state index is -0.445. The van der Waals surface area contributed by atoms with E-state index in [2.05, 4.69) is 10.3 Å². The van der Waals surface area contributed by atoms with Crippen LogP contribution in [-0.4, -0.2) is 35.9 Å². The SMILES string of the molecule is CC(C)OCCCNC(=O)C(=N)c1cc(-c2cccnc2)ccc1N. The van der Waals surface area contributed by atoms with Gasteiger partial charge in [0.15, 0.2) is 0 Å². The van der Waals surface area contributed by atoms with Crippen molar-refractivity contribution in [2.75, 3.05) is 18.9 Å². The van der Waals surface area contributed by atoms with Gasteiger partial charge in [0.05, 0.1) is 6.10 Å². The van der Waals surface area contributed by atoms with Gasteiger partial charge in [-0.2, -0.15) is 0 Å². The normalized spacial score (nSPS) is 10.7. The molecule has 0 unspecified atom stereocenters. The first-order valence-corrected chi connectivity index (χ1v) is 8.27. The monoisotopic (exact) mass is 340 g/mol. The number of carbonyl (C=O) groups excluding carboxylic acids is 1. The van der Waals surface area contributed by atoms with Crippen LogP contribution in [-0.2, 0) is 9.53 Å². The van der Waals surface area contributed by atoms with Gasteiger partial charge in [0.2, 0.25) is 0 Å². The number of benzene rings is 1. The van der Waals surface area contributed by atoms with Gasteiger partial charge < -0.3 is 15.8 Å². The number of aromatic nitrogens is 1. The molecule has 2 aromatic rings. The number of rotatable bonds is 8. The van der Waals surface area contributed by atoms with Gasteiger partial charge in [-0.25, -0.2) is 0 Å². The molecule has 1 aromatic heterocycles. The highest BCUT2D eigenvalue weighted by molar-refractivity contribution is 6.45. The lowest BCUT2D eigenvalue weighted by atomic mass is 10.00. The molecule has 0 radical (unpaired) electrons. The zero-order valence-corrected chi connectivity index (χ0v) is 14.6. The van der Waals surface area contributed by atoms with E-state index < -0.39 is 5.91 Å². The Labute approximate surface area is 147 Å². The van der Waals surface area contributed by atoms with Crippen LogP contribution in [0.1, 0.15) is 25.8 Å². The third-order valence-electron chi connectivity index (χ3n) is 3.60. The average molecular weight is 340 g/mol. The predicted octanol–water partition coefficient (Wildman–Crippen LogP) is 2.63. The van der Waals surface area contributed by atoms with Crippen LogP contribution in [0.25, 0.3) is 11.1 Å². The molecule has 6 nitrogen and oxygen atoms in total. The summed E-state index contributed by atoms with van der Waals surface area (Å²) < 4.78 is 5.42. The minimum Gasteiger partial charge on any atom is -0.398 e. The molecule has 1 heterocycles. The van der Waals surface area contributed by atoms with Crippen molar-refractivity contribution in [2.24, 2.45) is 0 Å². The Morgan fingerprint density at radius 2 is 2.12 bits per heavy atom. The fourth-order valence-electron chi connectivity index (χ4n) is 2.29. The van der Waals surface area contributed by atoms with E-state index in [0.29, 0.717) is 30.8 Å². The van der Waals surface area contributed by atoms with Gasteiger partial charge in [-0.3, -0.25) is 15.2 Å². The van der Waals surface area contributed by atoms with Crippen LogP contribution in [0.4, 0.5) is 5.69 Å². The number of hydrogen-bond donors (Lipinski definition) is 3. The number of amides is 1. The number of nitrogens with zero attached hydrogens (tertiary/aromatic N) is 1. The molecule has 6 heteroatoms. The summed E-state index contributed by atoms with van der Waals surface area (Å²) in [7, 11) is 0. The summed E-state index contributed by atoms with van der Waals surface area (Å²) in [5.74, 6) is -0.445. The molecule has 132 valence electrons. The van der Waals surface area contributed by atoms with Gasteiger partial charge in [0.25, 0.3) is 5.91 Å². The zero-order valence-electron chi connectivity index (χ0n) is 14.6. The summed E-state index contributed by atoms with van der Waals surface area (Å²) in [5, 5.41) is 10.9. The van der Waals surface area contributed by atoms with E-state index >= 15 is 0 Å². The Morgan fingerprint density at radius 1 is 1.32 bits per heavy atom. The summed E-state index contributed by atoms with van der Waals surface area (Å²) in [5.41, 5.74) is 8.39. The first-order chi connectivity index (χ1) is 12.0.